The number of piperidine rings is 1. The summed E-state index contributed by atoms with van der Waals surface area (Å²) in [4.78, 5) is 14.4. The predicted octanol–water partition coefficient (Wildman–Crippen LogP) is 2.57. The first-order valence-electron chi connectivity index (χ1n) is 7.47. The highest BCUT2D eigenvalue weighted by Crippen LogP contribution is 2.19. The summed E-state index contributed by atoms with van der Waals surface area (Å²) >= 11 is 5.56. The highest BCUT2D eigenvalue weighted by Gasteiger charge is 2.21. The summed E-state index contributed by atoms with van der Waals surface area (Å²) in [5.74, 6) is 0.986. The molecule has 5 heteroatoms. The van der Waals surface area contributed by atoms with Gasteiger partial charge in [-0.25, -0.2) is 0 Å². The van der Waals surface area contributed by atoms with Crippen LogP contribution < -0.4 is 5.32 Å². The number of carbonyl (C=O) groups is 1. The molecule has 4 nitrogen and oxygen atoms in total. The Morgan fingerprint density at radius 2 is 2.19 bits per heavy atom. The molecule has 1 aromatic carbocycles. The van der Waals surface area contributed by atoms with Gasteiger partial charge in [-0.05, 0) is 37.0 Å². The fraction of sp³-hybridized carbons (Fsp3) is 0.562. The maximum Gasteiger partial charge on any atom is 0.253 e. The largest absolute Gasteiger partial charge is 0.390 e. The summed E-state index contributed by atoms with van der Waals surface area (Å²) in [6.45, 7) is 4.28. The van der Waals surface area contributed by atoms with Crippen LogP contribution in [-0.2, 0) is 0 Å². The Bertz CT molecular complexity index is 473. The third kappa shape index (κ3) is 4.61. The third-order valence-corrected chi connectivity index (χ3v) is 4.26. The molecule has 1 aromatic rings. The second kappa shape index (κ2) is 7.66. The molecule has 116 valence electrons. The molecular formula is C16H23ClN2O2. The van der Waals surface area contributed by atoms with Crippen molar-refractivity contribution in [3.8, 4) is 0 Å². The molecule has 2 rings (SSSR count). The number of aliphatic hydroxyl groups excluding tert-OH is 1. The molecule has 0 radical (unpaired) electrons. The number of aliphatic hydroxyl groups is 1. The lowest BCUT2D eigenvalue weighted by molar-refractivity contribution is 0.0697. The Kier molecular flexibility index (Phi) is 5.88. The average Bonchev–Trinajstić information content (AvgIpc) is 2.53. The van der Waals surface area contributed by atoms with Crippen LogP contribution in [0.25, 0.3) is 0 Å². The Balaban J connectivity index is 1.98. The van der Waals surface area contributed by atoms with E-state index < -0.39 is 6.10 Å². The standard InChI is InChI=1S/C16H23ClN2O2/c1-12-5-7-19(8-6-12)16(21)13-3-2-4-14(9-13)18-11-15(20)10-17/h2-4,9,12,15,18,20H,5-8,10-11H2,1H3. The smallest absolute Gasteiger partial charge is 0.253 e. The van der Waals surface area contributed by atoms with E-state index in [0.717, 1.165) is 31.6 Å². The average molecular weight is 311 g/mol. The molecule has 1 amide bonds. The summed E-state index contributed by atoms with van der Waals surface area (Å²) < 4.78 is 0. The van der Waals surface area contributed by atoms with E-state index in [1.807, 2.05) is 29.2 Å². The molecule has 2 N–H and O–H groups in total. The number of likely N-dealkylation sites (tertiary alicyclic amines) is 1. The highest BCUT2D eigenvalue weighted by atomic mass is 35.5. The highest BCUT2D eigenvalue weighted by molar-refractivity contribution is 6.18. The van der Waals surface area contributed by atoms with E-state index in [4.69, 9.17) is 11.6 Å². The Morgan fingerprint density at radius 3 is 2.86 bits per heavy atom. The van der Waals surface area contributed by atoms with E-state index in [9.17, 15) is 9.90 Å². The predicted molar refractivity (Wildman–Crippen MR) is 86.0 cm³/mol. The van der Waals surface area contributed by atoms with Crippen LogP contribution in [0.5, 0.6) is 0 Å². The summed E-state index contributed by atoms with van der Waals surface area (Å²) in [7, 11) is 0. The zero-order valence-corrected chi connectivity index (χ0v) is 13.1. The van der Waals surface area contributed by atoms with Gasteiger partial charge in [0.2, 0.25) is 0 Å². The number of hydrogen-bond acceptors (Lipinski definition) is 3. The SMILES string of the molecule is CC1CCN(C(=O)c2cccc(NCC(O)CCl)c2)CC1. The van der Waals surface area contributed by atoms with Gasteiger partial charge in [-0.15, -0.1) is 11.6 Å². The number of benzene rings is 1. The van der Waals surface area contributed by atoms with Gasteiger partial charge < -0.3 is 15.3 Å². The van der Waals surface area contributed by atoms with Gasteiger partial charge in [0.1, 0.15) is 0 Å². The molecule has 1 fully saturated rings. The summed E-state index contributed by atoms with van der Waals surface area (Å²) in [6.07, 6.45) is 1.56. The molecule has 1 heterocycles. The van der Waals surface area contributed by atoms with Crippen LogP contribution in [0.4, 0.5) is 5.69 Å². The van der Waals surface area contributed by atoms with E-state index in [-0.39, 0.29) is 11.8 Å². The van der Waals surface area contributed by atoms with E-state index >= 15 is 0 Å². The number of amides is 1. The lowest BCUT2D eigenvalue weighted by Crippen LogP contribution is -2.37. The van der Waals surface area contributed by atoms with Gasteiger partial charge in [-0.2, -0.15) is 0 Å². The van der Waals surface area contributed by atoms with Crippen molar-refractivity contribution in [1.82, 2.24) is 4.90 Å². The Labute approximate surface area is 131 Å². The number of hydrogen-bond donors (Lipinski definition) is 2. The third-order valence-electron chi connectivity index (χ3n) is 3.90. The normalized spacial score (nSPS) is 17.6. The first kappa shape index (κ1) is 16.1. The quantitative estimate of drug-likeness (QED) is 0.822. The van der Waals surface area contributed by atoms with Crippen LogP contribution in [0, 0.1) is 5.92 Å². The fourth-order valence-corrected chi connectivity index (χ4v) is 2.56. The first-order chi connectivity index (χ1) is 10.1. The van der Waals surface area contributed by atoms with Crippen LogP contribution in [0.3, 0.4) is 0 Å². The van der Waals surface area contributed by atoms with Crippen LogP contribution in [0.1, 0.15) is 30.1 Å². The molecule has 0 spiro atoms. The number of halogens is 1. The van der Waals surface area contributed by atoms with Gasteiger partial charge in [-0.1, -0.05) is 13.0 Å². The fourth-order valence-electron chi connectivity index (χ4n) is 2.45. The van der Waals surface area contributed by atoms with Gasteiger partial charge in [0.05, 0.1) is 12.0 Å². The van der Waals surface area contributed by atoms with E-state index in [2.05, 4.69) is 12.2 Å². The Morgan fingerprint density at radius 1 is 1.48 bits per heavy atom. The van der Waals surface area contributed by atoms with E-state index in [1.54, 1.807) is 0 Å². The van der Waals surface area contributed by atoms with Gasteiger partial charge >= 0.3 is 0 Å². The van der Waals surface area contributed by atoms with E-state index in [1.165, 1.54) is 0 Å². The summed E-state index contributed by atoms with van der Waals surface area (Å²) in [5, 5.41) is 12.6. The minimum Gasteiger partial charge on any atom is -0.390 e. The number of rotatable bonds is 5. The van der Waals surface area contributed by atoms with Gasteiger partial charge in [0.25, 0.3) is 5.91 Å². The number of carbonyl (C=O) groups excluding carboxylic acids is 1. The van der Waals surface area contributed by atoms with Crippen molar-refractivity contribution in [3.05, 3.63) is 29.8 Å². The lowest BCUT2D eigenvalue weighted by Gasteiger charge is -2.30. The monoisotopic (exact) mass is 310 g/mol. The number of nitrogens with zero attached hydrogens (tertiary/aromatic N) is 1. The minimum absolute atomic E-state index is 0.0865. The maximum absolute atomic E-state index is 12.5. The van der Waals surface area contributed by atoms with Crippen molar-refractivity contribution in [1.29, 1.82) is 0 Å². The van der Waals surface area contributed by atoms with Crippen molar-refractivity contribution < 1.29 is 9.90 Å². The van der Waals surface area contributed by atoms with Crippen molar-refractivity contribution in [3.63, 3.8) is 0 Å². The number of nitrogens with one attached hydrogen (secondary N) is 1. The summed E-state index contributed by atoms with van der Waals surface area (Å²) in [6, 6.07) is 7.41. The maximum atomic E-state index is 12.5. The van der Waals surface area contributed by atoms with Crippen LogP contribution in [0.15, 0.2) is 24.3 Å². The van der Waals surface area contributed by atoms with Gasteiger partial charge in [0, 0.05) is 30.9 Å². The molecule has 0 bridgehead atoms. The van der Waals surface area contributed by atoms with Crippen LogP contribution >= 0.6 is 11.6 Å². The number of anilines is 1. The minimum atomic E-state index is -0.588. The molecule has 0 saturated carbocycles. The molecule has 1 aliphatic heterocycles. The molecule has 0 aliphatic carbocycles. The van der Waals surface area contributed by atoms with Crippen molar-refractivity contribution in [2.24, 2.45) is 5.92 Å². The lowest BCUT2D eigenvalue weighted by atomic mass is 9.98. The molecule has 1 saturated heterocycles. The van der Waals surface area contributed by atoms with Crippen molar-refractivity contribution in [2.45, 2.75) is 25.9 Å². The van der Waals surface area contributed by atoms with Crippen molar-refractivity contribution >= 4 is 23.2 Å². The molecule has 21 heavy (non-hydrogen) atoms. The first-order valence-corrected chi connectivity index (χ1v) is 8.01. The molecule has 1 atom stereocenters. The molecule has 0 aromatic heterocycles. The van der Waals surface area contributed by atoms with E-state index in [0.29, 0.717) is 18.0 Å². The van der Waals surface area contributed by atoms with Crippen molar-refractivity contribution in [2.75, 3.05) is 30.8 Å². The molecular weight excluding hydrogens is 288 g/mol. The second-order valence-corrected chi connectivity index (χ2v) is 6.05. The number of alkyl halides is 1. The molecule has 1 aliphatic rings. The van der Waals surface area contributed by atoms with Crippen LogP contribution in [0.2, 0.25) is 0 Å². The second-order valence-electron chi connectivity index (χ2n) is 5.74. The topological polar surface area (TPSA) is 52.6 Å². The molecule has 1 unspecified atom stereocenters. The van der Waals surface area contributed by atoms with Gasteiger partial charge in [-0.3, -0.25) is 4.79 Å². The summed E-state index contributed by atoms with van der Waals surface area (Å²) in [5.41, 5.74) is 1.52. The zero-order valence-electron chi connectivity index (χ0n) is 12.4. The van der Waals surface area contributed by atoms with Crippen LogP contribution in [-0.4, -0.2) is 47.5 Å². The van der Waals surface area contributed by atoms with Gasteiger partial charge in [0.15, 0.2) is 0 Å². The Hall–Kier alpha value is -1.26. The zero-order chi connectivity index (χ0) is 15.2.